The van der Waals surface area contributed by atoms with Crippen LogP contribution in [0, 0.1) is 17.2 Å². The standard InChI is InChI=1S/C28H28N4O3/c29-17-19-10-12-22(13-11-19)32-26(33)16-25(28(32)35)31(27(34)20-6-2-1-3-7-20)15-14-21-18-30-24-9-5-4-8-23(21)24/h4-5,8-13,18,20,25,30H,1-3,6-7,14-16H2. The molecule has 1 aromatic heterocycles. The molecule has 7 nitrogen and oxygen atoms in total. The Bertz CT molecular complexity index is 1300. The third-order valence-electron chi connectivity index (χ3n) is 7.29. The van der Waals surface area contributed by atoms with Crippen molar-refractivity contribution >= 4 is 34.3 Å². The van der Waals surface area contributed by atoms with Crippen molar-refractivity contribution in [2.75, 3.05) is 11.4 Å². The highest BCUT2D eigenvalue weighted by Crippen LogP contribution is 2.31. The number of nitrogens with one attached hydrogen (secondary N) is 1. The highest BCUT2D eigenvalue weighted by Gasteiger charge is 2.45. The van der Waals surface area contributed by atoms with E-state index in [1.807, 2.05) is 36.5 Å². The molecule has 1 saturated carbocycles. The smallest absolute Gasteiger partial charge is 0.257 e. The number of rotatable bonds is 6. The van der Waals surface area contributed by atoms with Crippen molar-refractivity contribution < 1.29 is 14.4 Å². The van der Waals surface area contributed by atoms with E-state index in [0.717, 1.165) is 48.6 Å². The van der Waals surface area contributed by atoms with Crippen LogP contribution in [0.25, 0.3) is 10.9 Å². The summed E-state index contributed by atoms with van der Waals surface area (Å²) in [5, 5.41) is 10.2. The lowest BCUT2D eigenvalue weighted by Gasteiger charge is -2.32. The van der Waals surface area contributed by atoms with Crippen LogP contribution >= 0.6 is 0 Å². The summed E-state index contributed by atoms with van der Waals surface area (Å²) in [6, 6.07) is 15.6. The Hall–Kier alpha value is -3.92. The summed E-state index contributed by atoms with van der Waals surface area (Å²) in [7, 11) is 0. The van der Waals surface area contributed by atoms with E-state index in [2.05, 4.69) is 4.98 Å². The van der Waals surface area contributed by atoms with Crippen molar-refractivity contribution in [1.82, 2.24) is 9.88 Å². The van der Waals surface area contributed by atoms with Crippen LogP contribution in [-0.4, -0.2) is 40.2 Å². The highest BCUT2D eigenvalue weighted by molar-refractivity contribution is 6.23. The molecule has 0 spiro atoms. The number of amides is 3. The van der Waals surface area contributed by atoms with Gasteiger partial charge in [-0.25, -0.2) is 4.90 Å². The van der Waals surface area contributed by atoms with Crippen LogP contribution in [0.4, 0.5) is 5.69 Å². The van der Waals surface area contributed by atoms with Gasteiger partial charge in [0.15, 0.2) is 0 Å². The molecule has 7 heteroatoms. The summed E-state index contributed by atoms with van der Waals surface area (Å²) in [6.45, 7) is 0.377. The number of nitrogens with zero attached hydrogens (tertiary/aromatic N) is 3. The minimum Gasteiger partial charge on any atom is -0.361 e. The van der Waals surface area contributed by atoms with Gasteiger partial charge in [-0.3, -0.25) is 14.4 Å². The van der Waals surface area contributed by atoms with Crippen molar-refractivity contribution in [2.24, 2.45) is 5.92 Å². The van der Waals surface area contributed by atoms with E-state index >= 15 is 0 Å². The Morgan fingerprint density at radius 2 is 1.80 bits per heavy atom. The van der Waals surface area contributed by atoms with Crippen molar-refractivity contribution in [1.29, 1.82) is 5.26 Å². The molecular weight excluding hydrogens is 440 g/mol. The number of anilines is 1. The van der Waals surface area contributed by atoms with Gasteiger partial charge >= 0.3 is 0 Å². The molecule has 35 heavy (non-hydrogen) atoms. The molecule has 2 aromatic carbocycles. The van der Waals surface area contributed by atoms with Gasteiger partial charge in [0, 0.05) is 29.6 Å². The van der Waals surface area contributed by atoms with Gasteiger partial charge in [-0.1, -0.05) is 37.5 Å². The number of nitriles is 1. The third-order valence-corrected chi connectivity index (χ3v) is 7.29. The number of carbonyl (C=O) groups is 3. The fourth-order valence-electron chi connectivity index (χ4n) is 5.40. The summed E-state index contributed by atoms with van der Waals surface area (Å²) < 4.78 is 0. The average Bonchev–Trinajstić information content (AvgIpc) is 3.44. The maximum absolute atomic E-state index is 13.7. The lowest BCUT2D eigenvalue weighted by Crippen LogP contribution is -2.48. The summed E-state index contributed by atoms with van der Waals surface area (Å²) in [5.74, 6) is -0.808. The van der Waals surface area contributed by atoms with E-state index in [1.54, 1.807) is 29.2 Å². The van der Waals surface area contributed by atoms with Crippen LogP contribution in [0.5, 0.6) is 0 Å². The lowest BCUT2D eigenvalue weighted by molar-refractivity contribution is -0.142. The number of imide groups is 1. The molecule has 2 fully saturated rings. The van der Waals surface area contributed by atoms with Crippen molar-refractivity contribution in [2.45, 2.75) is 51.0 Å². The number of carbonyl (C=O) groups excluding carboxylic acids is 3. The Kier molecular flexibility index (Phi) is 6.37. The fraction of sp³-hybridized carbons (Fsp3) is 0.357. The van der Waals surface area contributed by atoms with E-state index in [4.69, 9.17) is 5.26 Å². The summed E-state index contributed by atoms with van der Waals surface area (Å²) >= 11 is 0. The van der Waals surface area contributed by atoms with E-state index in [0.29, 0.717) is 24.2 Å². The first-order valence-corrected chi connectivity index (χ1v) is 12.3. The molecule has 178 valence electrons. The normalized spacial score (nSPS) is 18.7. The first-order chi connectivity index (χ1) is 17.1. The average molecular weight is 469 g/mol. The minimum atomic E-state index is -0.808. The Labute approximate surface area is 204 Å². The molecule has 0 radical (unpaired) electrons. The monoisotopic (exact) mass is 468 g/mol. The zero-order chi connectivity index (χ0) is 24.4. The van der Waals surface area contributed by atoms with Crippen LogP contribution in [0.3, 0.4) is 0 Å². The van der Waals surface area contributed by atoms with Gasteiger partial charge in [0.05, 0.1) is 23.7 Å². The van der Waals surface area contributed by atoms with Gasteiger partial charge in [0.25, 0.3) is 5.91 Å². The van der Waals surface area contributed by atoms with Crippen LogP contribution in [0.1, 0.15) is 49.7 Å². The van der Waals surface area contributed by atoms with E-state index in [-0.39, 0.29) is 30.1 Å². The first kappa shape index (κ1) is 22.9. The Balaban J connectivity index is 1.41. The number of aromatic nitrogens is 1. The number of aromatic amines is 1. The maximum atomic E-state index is 13.7. The van der Waals surface area contributed by atoms with Gasteiger partial charge < -0.3 is 9.88 Å². The van der Waals surface area contributed by atoms with Crippen LogP contribution in [-0.2, 0) is 20.8 Å². The molecule has 1 N–H and O–H groups in total. The molecule has 1 aliphatic carbocycles. The zero-order valence-corrected chi connectivity index (χ0v) is 19.6. The molecule has 3 amide bonds. The molecule has 5 rings (SSSR count). The van der Waals surface area contributed by atoms with Gasteiger partial charge in [-0.15, -0.1) is 0 Å². The van der Waals surface area contributed by atoms with Gasteiger partial charge in [-0.05, 0) is 55.2 Å². The number of benzene rings is 2. The first-order valence-electron chi connectivity index (χ1n) is 12.3. The number of para-hydroxylation sites is 1. The van der Waals surface area contributed by atoms with E-state index in [1.165, 1.54) is 4.90 Å². The zero-order valence-electron chi connectivity index (χ0n) is 19.6. The predicted molar refractivity (Wildman–Crippen MR) is 132 cm³/mol. The molecule has 0 bridgehead atoms. The minimum absolute atomic E-state index is 0.0163. The topological polar surface area (TPSA) is 97.3 Å². The lowest BCUT2D eigenvalue weighted by atomic mass is 9.87. The molecule has 1 aliphatic heterocycles. The van der Waals surface area contributed by atoms with Crippen LogP contribution in [0.2, 0.25) is 0 Å². The van der Waals surface area contributed by atoms with Gasteiger partial charge in [0.2, 0.25) is 11.8 Å². The molecule has 1 saturated heterocycles. The van der Waals surface area contributed by atoms with E-state index in [9.17, 15) is 14.4 Å². The second kappa shape index (κ2) is 9.75. The SMILES string of the molecule is N#Cc1ccc(N2C(=O)CC(N(CCc3c[nH]c4ccccc34)C(=O)C3CCCCC3)C2=O)cc1. The van der Waals surface area contributed by atoms with Gasteiger partial charge in [-0.2, -0.15) is 5.26 Å². The number of fused-ring (bicyclic) bond motifs is 1. The van der Waals surface area contributed by atoms with Crippen LogP contribution in [0.15, 0.2) is 54.7 Å². The quantitative estimate of drug-likeness (QED) is 0.545. The summed E-state index contributed by atoms with van der Waals surface area (Å²) in [5.41, 5.74) is 3.01. The highest BCUT2D eigenvalue weighted by atomic mass is 16.2. The number of hydrogen-bond acceptors (Lipinski definition) is 4. The summed E-state index contributed by atoms with van der Waals surface area (Å²) in [4.78, 5) is 46.3. The third kappa shape index (κ3) is 4.44. The molecule has 1 atom stereocenters. The molecule has 2 aliphatic rings. The predicted octanol–water partition coefficient (Wildman–Crippen LogP) is 4.32. The van der Waals surface area contributed by atoms with Crippen molar-refractivity contribution in [3.05, 3.63) is 65.9 Å². The maximum Gasteiger partial charge on any atom is 0.257 e. The Morgan fingerprint density at radius 3 is 2.54 bits per heavy atom. The molecule has 2 heterocycles. The second-order valence-corrected chi connectivity index (χ2v) is 9.42. The fourth-order valence-corrected chi connectivity index (χ4v) is 5.40. The number of H-pyrrole nitrogens is 1. The Morgan fingerprint density at radius 1 is 1.06 bits per heavy atom. The second-order valence-electron chi connectivity index (χ2n) is 9.42. The largest absolute Gasteiger partial charge is 0.361 e. The van der Waals surface area contributed by atoms with Crippen molar-refractivity contribution in [3.8, 4) is 6.07 Å². The van der Waals surface area contributed by atoms with E-state index < -0.39 is 6.04 Å². The molecular formula is C28H28N4O3. The number of hydrogen-bond donors (Lipinski definition) is 1. The van der Waals surface area contributed by atoms with Gasteiger partial charge in [0.1, 0.15) is 6.04 Å². The molecule has 1 unspecified atom stereocenters. The van der Waals surface area contributed by atoms with Crippen molar-refractivity contribution in [3.63, 3.8) is 0 Å². The molecule has 3 aromatic rings. The van der Waals surface area contributed by atoms with Crippen LogP contribution < -0.4 is 4.90 Å². The summed E-state index contributed by atoms with van der Waals surface area (Å²) in [6.07, 6.45) is 7.35.